The highest BCUT2D eigenvalue weighted by atomic mass is 16.5. The number of carbonyl (C=O) groups excluding carboxylic acids is 1. The summed E-state index contributed by atoms with van der Waals surface area (Å²) in [4.78, 5) is 11.4. The van der Waals surface area contributed by atoms with Gasteiger partial charge in [0.15, 0.2) is 11.5 Å². The monoisotopic (exact) mass is 265 g/mol. The van der Waals surface area contributed by atoms with Crippen LogP contribution in [-0.4, -0.2) is 26.8 Å². The van der Waals surface area contributed by atoms with E-state index in [0.717, 1.165) is 5.56 Å². The Morgan fingerprint density at radius 2 is 2.11 bits per heavy atom. The number of hydrogen-bond acceptors (Lipinski definition) is 5. The summed E-state index contributed by atoms with van der Waals surface area (Å²) in [5.41, 5.74) is 7.29. The first-order valence-electron chi connectivity index (χ1n) is 5.89. The normalized spacial score (nSPS) is 9.79. The number of esters is 1. The average Bonchev–Trinajstić information content (AvgIpc) is 2.43. The van der Waals surface area contributed by atoms with Crippen LogP contribution < -0.4 is 15.2 Å². The van der Waals surface area contributed by atoms with Crippen molar-refractivity contribution in [3.63, 3.8) is 0 Å². The predicted molar refractivity (Wildman–Crippen MR) is 73.4 cm³/mol. The number of benzene rings is 1. The van der Waals surface area contributed by atoms with E-state index in [1.165, 1.54) is 13.2 Å². The molecule has 5 heteroatoms. The van der Waals surface area contributed by atoms with Gasteiger partial charge in [0.2, 0.25) is 0 Å². The first kappa shape index (κ1) is 14.9. The number of methoxy groups -OCH3 is 2. The fourth-order valence-electron chi connectivity index (χ4n) is 1.67. The molecule has 0 aliphatic rings. The van der Waals surface area contributed by atoms with Crippen molar-refractivity contribution >= 4 is 11.7 Å². The minimum absolute atomic E-state index is 0.222. The van der Waals surface area contributed by atoms with E-state index in [1.54, 1.807) is 13.2 Å². The standard InChI is InChI=1S/C14H19NO4/c1-4-9-19-12(16)8-6-10-5-7-11(17-2)14(18-3)13(10)15/h4-5,7H,1,6,8-9,15H2,2-3H3. The molecular weight excluding hydrogens is 246 g/mol. The van der Waals surface area contributed by atoms with E-state index in [0.29, 0.717) is 23.6 Å². The highest BCUT2D eigenvalue weighted by molar-refractivity contribution is 5.71. The van der Waals surface area contributed by atoms with Crippen LogP contribution in [0.5, 0.6) is 11.5 Å². The molecule has 5 nitrogen and oxygen atoms in total. The first-order valence-corrected chi connectivity index (χ1v) is 5.89. The smallest absolute Gasteiger partial charge is 0.306 e. The van der Waals surface area contributed by atoms with Gasteiger partial charge >= 0.3 is 5.97 Å². The van der Waals surface area contributed by atoms with Crippen molar-refractivity contribution in [3.8, 4) is 11.5 Å². The summed E-state index contributed by atoms with van der Waals surface area (Å²) in [6.45, 7) is 3.70. The predicted octanol–water partition coefficient (Wildman–Crippen LogP) is 1.95. The van der Waals surface area contributed by atoms with E-state index in [-0.39, 0.29) is 19.0 Å². The molecule has 0 radical (unpaired) electrons. The Morgan fingerprint density at radius 3 is 2.68 bits per heavy atom. The number of ether oxygens (including phenoxy) is 3. The van der Waals surface area contributed by atoms with Gasteiger partial charge in [-0.15, -0.1) is 0 Å². The van der Waals surface area contributed by atoms with Crippen LogP contribution in [0.4, 0.5) is 5.69 Å². The largest absolute Gasteiger partial charge is 0.493 e. The highest BCUT2D eigenvalue weighted by Gasteiger charge is 2.13. The Morgan fingerprint density at radius 1 is 1.37 bits per heavy atom. The van der Waals surface area contributed by atoms with Crippen LogP contribution in [0.2, 0.25) is 0 Å². The van der Waals surface area contributed by atoms with Gasteiger partial charge in [0.05, 0.1) is 19.9 Å². The van der Waals surface area contributed by atoms with Gasteiger partial charge in [0.25, 0.3) is 0 Å². The van der Waals surface area contributed by atoms with Crippen molar-refractivity contribution in [2.24, 2.45) is 0 Å². The van der Waals surface area contributed by atoms with Crippen LogP contribution in [0.25, 0.3) is 0 Å². The summed E-state index contributed by atoms with van der Waals surface area (Å²) in [7, 11) is 3.07. The van der Waals surface area contributed by atoms with Crippen LogP contribution >= 0.6 is 0 Å². The lowest BCUT2D eigenvalue weighted by Gasteiger charge is -2.13. The summed E-state index contributed by atoms with van der Waals surface area (Å²) in [6, 6.07) is 3.58. The van der Waals surface area contributed by atoms with E-state index in [4.69, 9.17) is 19.9 Å². The van der Waals surface area contributed by atoms with Gasteiger partial charge in [0.1, 0.15) is 6.61 Å². The van der Waals surface area contributed by atoms with E-state index in [2.05, 4.69) is 6.58 Å². The number of rotatable bonds is 7. The van der Waals surface area contributed by atoms with Crippen molar-refractivity contribution in [3.05, 3.63) is 30.4 Å². The molecule has 0 aliphatic heterocycles. The molecule has 0 amide bonds. The molecule has 1 aromatic carbocycles. The van der Waals surface area contributed by atoms with Crippen LogP contribution in [0, 0.1) is 0 Å². The molecular formula is C14H19NO4. The second kappa shape index (κ2) is 7.31. The number of anilines is 1. The van der Waals surface area contributed by atoms with E-state index < -0.39 is 0 Å². The van der Waals surface area contributed by atoms with Gasteiger partial charge in [-0.1, -0.05) is 18.7 Å². The minimum Gasteiger partial charge on any atom is -0.493 e. The fourth-order valence-corrected chi connectivity index (χ4v) is 1.67. The first-order chi connectivity index (χ1) is 9.13. The van der Waals surface area contributed by atoms with E-state index >= 15 is 0 Å². The van der Waals surface area contributed by atoms with Gasteiger partial charge in [0, 0.05) is 6.42 Å². The Balaban J connectivity index is 2.74. The summed E-state index contributed by atoms with van der Waals surface area (Å²) >= 11 is 0. The molecule has 0 saturated carbocycles. The lowest BCUT2D eigenvalue weighted by Crippen LogP contribution is -2.07. The van der Waals surface area contributed by atoms with Crippen LogP contribution in [0.3, 0.4) is 0 Å². The molecule has 0 spiro atoms. The maximum atomic E-state index is 11.4. The topological polar surface area (TPSA) is 70.8 Å². The maximum Gasteiger partial charge on any atom is 0.306 e. The summed E-state index contributed by atoms with van der Waals surface area (Å²) in [5.74, 6) is 0.770. The SMILES string of the molecule is C=CCOC(=O)CCc1ccc(OC)c(OC)c1N. The Bertz CT molecular complexity index is 457. The lowest BCUT2D eigenvalue weighted by atomic mass is 10.1. The van der Waals surface area contributed by atoms with Crippen molar-refractivity contribution in [1.29, 1.82) is 0 Å². The molecule has 0 unspecified atom stereocenters. The second-order valence-corrected chi connectivity index (χ2v) is 3.85. The molecule has 2 N–H and O–H groups in total. The molecule has 1 aromatic rings. The fraction of sp³-hybridized carbons (Fsp3) is 0.357. The third kappa shape index (κ3) is 3.91. The number of carbonyl (C=O) groups is 1. The Hall–Kier alpha value is -2.17. The summed E-state index contributed by atoms with van der Waals surface area (Å²) < 4.78 is 15.2. The Labute approximate surface area is 113 Å². The zero-order valence-corrected chi connectivity index (χ0v) is 11.3. The molecule has 0 fully saturated rings. The molecule has 1 rings (SSSR count). The van der Waals surface area contributed by atoms with Crippen LogP contribution in [0.1, 0.15) is 12.0 Å². The lowest BCUT2D eigenvalue weighted by molar-refractivity contribution is -0.142. The third-order valence-corrected chi connectivity index (χ3v) is 2.63. The molecule has 0 atom stereocenters. The molecule has 19 heavy (non-hydrogen) atoms. The van der Waals surface area contributed by atoms with Gasteiger partial charge in [-0.25, -0.2) is 0 Å². The van der Waals surface area contributed by atoms with Gasteiger partial charge in [-0.2, -0.15) is 0 Å². The maximum absolute atomic E-state index is 11.4. The van der Waals surface area contributed by atoms with Crippen molar-refractivity contribution in [1.82, 2.24) is 0 Å². The molecule has 0 saturated heterocycles. The Kier molecular flexibility index (Phi) is 5.73. The number of aryl methyl sites for hydroxylation is 1. The van der Waals surface area contributed by atoms with Crippen LogP contribution in [-0.2, 0) is 16.0 Å². The minimum atomic E-state index is -0.283. The summed E-state index contributed by atoms with van der Waals surface area (Å²) in [6.07, 6.45) is 2.28. The quantitative estimate of drug-likeness (QED) is 0.463. The van der Waals surface area contributed by atoms with E-state index in [1.807, 2.05) is 6.07 Å². The van der Waals surface area contributed by atoms with Crippen LogP contribution in [0.15, 0.2) is 24.8 Å². The van der Waals surface area contributed by atoms with Crippen molar-refractivity contribution in [2.45, 2.75) is 12.8 Å². The number of nitrogen functional groups attached to an aromatic ring is 1. The zero-order chi connectivity index (χ0) is 14.3. The summed E-state index contributed by atoms with van der Waals surface area (Å²) in [5, 5.41) is 0. The van der Waals surface area contributed by atoms with Gasteiger partial charge in [-0.3, -0.25) is 4.79 Å². The van der Waals surface area contributed by atoms with E-state index in [9.17, 15) is 4.79 Å². The average molecular weight is 265 g/mol. The number of hydrogen-bond donors (Lipinski definition) is 1. The molecule has 0 heterocycles. The molecule has 0 aliphatic carbocycles. The zero-order valence-electron chi connectivity index (χ0n) is 11.3. The number of nitrogens with two attached hydrogens (primary N) is 1. The van der Waals surface area contributed by atoms with Gasteiger partial charge < -0.3 is 19.9 Å². The van der Waals surface area contributed by atoms with Crippen molar-refractivity contribution < 1.29 is 19.0 Å². The third-order valence-electron chi connectivity index (χ3n) is 2.63. The van der Waals surface area contributed by atoms with Crippen molar-refractivity contribution in [2.75, 3.05) is 26.6 Å². The molecule has 0 bridgehead atoms. The molecule has 0 aromatic heterocycles. The van der Waals surface area contributed by atoms with Gasteiger partial charge in [-0.05, 0) is 18.1 Å². The molecule has 104 valence electrons. The highest BCUT2D eigenvalue weighted by Crippen LogP contribution is 2.36. The second-order valence-electron chi connectivity index (χ2n) is 3.85.